The van der Waals surface area contributed by atoms with Gasteiger partial charge in [-0.15, -0.1) is 0 Å². The van der Waals surface area contributed by atoms with E-state index in [2.05, 4.69) is 15.9 Å². The van der Waals surface area contributed by atoms with Gasteiger partial charge < -0.3 is 0 Å². The lowest BCUT2D eigenvalue weighted by Crippen LogP contribution is -2.02. The van der Waals surface area contributed by atoms with E-state index >= 15 is 0 Å². The molecule has 0 aliphatic heterocycles. The maximum Gasteiger partial charge on any atom is 0.00596 e. The molecule has 0 amide bonds. The second-order valence-electron chi connectivity index (χ2n) is 5.84. The zero-order valence-electron chi connectivity index (χ0n) is 11.6. The largest absolute Gasteiger partial charge is 0.0925 e. The number of alkyl halides is 1. The molecule has 0 heterocycles. The van der Waals surface area contributed by atoms with Crippen LogP contribution >= 0.6 is 15.9 Å². The van der Waals surface area contributed by atoms with Crippen molar-refractivity contribution in [3.05, 3.63) is 0 Å². The fourth-order valence-electron chi connectivity index (χ4n) is 2.93. The molecule has 1 rings (SSSR count). The molecule has 1 saturated carbocycles. The lowest BCUT2D eigenvalue weighted by molar-refractivity contribution is 0.442. The molecule has 1 aliphatic carbocycles. The van der Waals surface area contributed by atoms with Gasteiger partial charge >= 0.3 is 0 Å². The van der Waals surface area contributed by atoms with Crippen molar-refractivity contribution in [3.8, 4) is 0 Å². The van der Waals surface area contributed by atoms with E-state index in [1.807, 2.05) is 0 Å². The lowest BCUT2D eigenvalue weighted by Gasteiger charge is -2.13. The third-order valence-corrected chi connectivity index (χ3v) is 5.11. The van der Waals surface area contributed by atoms with Crippen molar-refractivity contribution in [1.29, 1.82) is 0 Å². The van der Waals surface area contributed by atoms with Gasteiger partial charge in [-0.25, -0.2) is 0 Å². The topological polar surface area (TPSA) is 0 Å². The van der Waals surface area contributed by atoms with Gasteiger partial charge in [-0.3, -0.25) is 0 Å². The SMILES string of the molecule is BrCC1CCCCCCCCCCCCCC1. The molecule has 0 bridgehead atoms. The smallest absolute Gasteiger partial charge is 0.00596 e. The highest BCUT2D eigenvalue weighted by Crippen LogP contribution is 2.21. The average molecular weight is 303 g/mol. The number of hydrogen-bond acceptors (Lipinski definition) is 0. The van der Waals surface area contributed by atoms with E-state index in [0.717, 1.165) is 5.92 Å². The maximum absolute atomic E-state index is 3.69. The van der Waals surface area contributed by atoms with Gasteiger partial charge in [0.25, 0.3) is 0 Å². The molecule has 17 heavy (non-hydrogen) atoms. The van der Waals surface area contributed by atoms with E-state index in [4.69, 9.17) is 0 Å². The number of hydrogen-bond donors (Lipinski definition) is 0. The summed E-state index contributed by atoms with van der Waals surface area (Å²) in [4.78, 5) is 0. The monoisotopic (exact) mass is 302 g/mol. The summed E-state index contributed by atoms with van der Waals surface area (Å²) in [6, 6.07) is 0. The fraction of sp³-hybridized carbons (Fsp3) is 1.00. The molecule has 0 unspecified atom stereocenters. The molecule has 0 aromatic carbocycles. The fourth-order valence-corrected chi connectivity index (χ4v) is 3.58. The van der Waals surface area contributed by atoms with E-state index < -0.39 is 0 Å². The van der Waals surface area contributed by atoms with E-state index in [1.165, 1.54) is 95.2 Å². The summed E-state index contributed by atoms with van der Waals surface area (Å²) in [6.45, 7) is 0. The summed E-state index contributed by atoms with van der Waals surface area (Å²) in [5, 5.41) is 1.23. The first-order valence-corrected chi connectivity index (χ1v) is 9.11. The third-order valence-electron chi connectivity index (χ3n) is 4.19. The minimum absolute atomic E-state index is 0.958. The van der Waals surface area contributed by atoms with Gasteiger partial charge in [-0.2, -0.15) is 0 Å². The molecular formula is C16H31Br. The Morgan fingerprint density at radius 2 is 0.824 bits per heavy atom. The summed E-state index contributed by atoms with van der Waals surface area (Å²) < 4.78 is 0. The average Bonchev–Trinajstić information content (AvgIpc) is 2.36. The normalized spacial score (nSPS) is 23.8. The van der Waals surface area contributed by atoms with Crippen LogP contribution in [0, 0.1) is 5.92 Å². The van der Waals surface area contributed by atoms with Gasteiger partial charge in [-0.05, 0) is 18.8 Å². The van der Waals surface area contributed by atoms with E-state index in [1.54, 1.807) is 0 Å². The van der Waals surface area contributed by atoms with E-state index in [9.17, 15) is 0 Å². The molecule has 0 atom stereocenters. The van der Waals surface area contributed by atoms with Crippen LogP contribution in [0.25, 0.3) is 0 Å². The van der Waals surface area contributed by atoms with Crippen molar-refractivity contribution in [3.63, 3.8) is 0 Å². The Labute approximate surface area is 117 Å². The van der Waals surface area contributed by atoms with Gasteiger partial charge in [0.05, 0.1) is 0 Å². The Hall–Kier alpha value is 0.480. The van der Waals surface area contributed by atoms with Crippen molar-refractivity contribution in [2.24, 2.45) is 5.92 Å². The van der Waals surface area contributed by atoms with E-state index in [-0.39, 0.29) is 0 Å². The van der Waals surface area contributed by atoms with Crippen molar-refractivity contribution in [2.75, 3.05) is 5.33 Å². The minimum atomic E-state index is 0.958. The molecule has 0 radical (unpaired) electrons. The summed E-state index contributed by atoms with van der Waals surface area (Å²) in [5.41, 5.74) is 0. The van der Waals surface area contributed by atoms with Crippen LogP contribution in [0.15, 0.2) is 0 Å². The molecule has 1 aliphatic rings. The van der Waals surface area contributed by atoms with Gasteiger partial charge in [0.15, 0.2) is 0 Å². The second kappa shape index (κ2) is 11.6. The first kappa shape index (κ1) is 15.5. The maximum atomic E-state index is 3.69. The Balaban J connectivity index is 2.16. The zero-order chi connectivity index (χ0) is 12.2. The standard InChI is InChI=1S/C16H31Br/c17-15-16-13-11-9-7-5-3-1-2-4-6-8-10-12-14-16/h16H,1-15H2. The summed E-state index contributed by atoms with van der Waals surface area (Å²) in [7, 11) is 0. The van der Waals surface area contributed by atoms with Crippen LogP contribution < -0.4 is 0 Å². The van der Waals surface area contributed by atoms with Crippen LogP contribution in [0.4, 0.5) is 0 Å². The molecule has 0 spiro atoms. The highest BCUT2D eigenvalue weighted by atomic mass is 79.9. The molecule has 0 aromatic heterocycles. The van der Waals surface area contributed by atoms with Gasteiger partial charge in [-0.1, -0.05) is 93.0 Å². The van der Waals surface area contributed by atoms with Crippen molar-refractivity contribution >= 4 is 15.9 Å². The first-order chi connectivity index (χ1) is 8.43. The first-order valence-electron chi connectivity index (χ1n) is 7.99. The molecule has 0 nitrogen and oxygen atoms in total. The molecular weight excluding hydrogens is 272 g/mol. The Morgan fingerprint density at radius 3 is 1.12 bits per heavy atom. The van der Waals surface area contributed by atoms with Crippen molar-refractivity contribution in [1.82, 2.24) is 0 Å². The van der Waals surface area contributed by atoms with Crippen LogP contribution in [0.2, 0.25) is 0 Å². The zero-order valence-corrected chi connectivity index (χ0v) is 13.1. The molecule has 0 N–H and O–H groups in total. The highest BCUT2D eigenvalue weighted by Gasteiger charge is 2.06. The minimum Gasteiger partial charge on any atom is -0.0925 e. The molecule has 0 saturated heterocycles. The Kier molecular flexibility index (Phi) is 10.6. The molecule has 1 fully saturated rings. The van der Waals surface area contributed by atoms with E-state index in [0.29, 0.717) is 0 Å². The van der Waals surface area contributed by atoms with Crippen LogP contribution in [0.5, 0.6) is 0 Å². The summed E-state index contributed by atoms with van der Waals surface area (Å²) >= 11 is 3.69. The van der Waals surface area contributed by atoms with Crippen molar-refractivity contribution in [2.45, 2.75) is 89.9 Å². The van der Waals surface area contributed by atoms with Crippen LogP contribution in [-0.4, -0.2) is 5.33 Å². The number of rotatable bonds is 1. The number of halogens is 1. The van der Waals surface area contributed by atoms with Crippen LogP contribution in [0.3, 0.4) is 0 Å². The lowest BCUT2D eigenvalue weighted by atomic mass is 9.96. The van der Waals surface area contributed by atoms with Gasteiger partial charge in [0.2, 0.25) is 0 Å². The molecule has 0 aromatic rings. The van der Waals surface area contributed by atoms with Crippen molar-refractivity contribution < 1.29 is 0 Å². The van der Waals surface area contributed by atoms with Crippen LogP contribution in [0.1, 0.15) is 89.9 Å². The predicted octanol–water partition coefficient (Wildman–Crippen LogP) is 6.47. The molecule has 1 heteroatoms. The van der Waals surface area contributed by atoms with Gasteiger partial charge in [0.1, 0.15) is 0 Å². The third kappa shape index (κ3) is 9.11. The summed E-state index contributed by atoms with van der Waals surface area (Å²) in [6.07, 6.45) is 20.7. The summed E-state index contributed by atoms with van der Waals surface area (Å²) in [5.74, 6) is 0.958. The van der Waals surface area contributed by atoms with Gasteiger partial charge in [0, 0.05) is 5.33 Å². The quantitative estimate of drug-likeness (QED) is 0.487. The predicted molar refractivity (Wildman–Crippen MR) is 81.9 cm³/mol. The second-order valence-corrected chi connectivity index (χ2v) is 6.49. The Bertz CT molecular complexity index is 140. The highest BCUT2D eigenvalue weighted by molar-refractivity contribution is 9.09. The molecule has 102 valence electrons. The Morgan fingerprint density at radius 1 is 0.529 bits per heavy atom. The van der Waals surface area contributed by atoms with Crippen LogP contribution in [-0.2, 0) is 0 Å².